The first-order valence-corrected chi connectivity index (χ1v) is 23.5. The van der Waals surface area contributed by atoms with Crippen molar-refractivity contribution in [3.05, 3.63) is 36.5 Å². The van der Waals surface area contributed by atoms with E-state index < -0.39 is 18.1 Å². The van der Waals surface area contributed by atoms with E-state index in [1.54, 1.807) is 21.1 Å². The molecule has 0 spiro atoms. The molecule has 0 aromatic carbocycles. The number of esters is 2. The quantitative estimate of drug-likeness (QED) is 0.0262. The van der Waals surface area contributed by atoms with Crippen molar-refractivity contribution in [2.75, 3.05) is 41.0 Å². The molecule has 0 aromatic rings. The molecule has 8 heteroatoms. The monoisotopic (exact) mass is 804 g/mol. The number of ether oxygens (including phenoxy) is 3. The third-order valence-corrected chi connectivity index (χ3v) is 10.5. The fourth-order valence-electron chi connectivity index (χ4n) is 6.91. The summed E-state index contributed by atoms with van der Waals surface area (Å²) in [6.45, 7) is 4.55. The summed E-state index contributed by atoms with van der Waals surface area (Å²) in [5, 5.41) is 11.6. The lowest BCUT2D eigenvalue weighted by atomic mass is 10.0. The number of allylic oxidation sites excluding steroid dienone is 6. The molecule has 0 N–H and O–H groups in total. The number of hydrogen-bond donors (Lipinski definition) is 0. The van der Waals surface area contributed by atoms with Crippen molar-refractivity contribution in [2.45, 2.75) is 219 Å². The number of unbranched alkanes of at least 4 members (excludes halogenated alkanes) is 22. The summed E-state index contributed by atoms with van der Waals surface area (Å²) in [4.78, 5) is 36.8. The molecule has 0 aliphatic carbocycles. The predicted octanol–water partition coefficient (Wildman–Crippen LogP) is 11.7. The van der Waals surface area contributed by atoms with Gasteiger partial charge in [-0.15, -0.1) is 0 Å². The van der Waals surface area contributed by atoms with Crippen LogP contribution in [0.25, 0.3) is 0 Å². The minimum Gasteiger partial charge on any atom is -0.544 e. The number of hydrogen-bond acceptors (Lipinski definition) is 7. The minimum atomic E-state index is -1.12. The zero-order chi connectivity index (χ0) is 42.1. The van der Waals surface area contributed by atoms with Gasteiger partial charge in [-0.1, -0.05) is 179 Å². The molecule has 0 saturated heterocycles. The van der Waals surface area contributed by atoms with Gasteiger partial charge >= 0.3 is 11.9 Å². The second kappa shape index (κ2) is 40.3. The molecular weight excluding hydrogens is 715 g/mol. The Morgan fingerprint density at radius 3 is 1.46 bits per heavy atom. The molecule has 0 bridgehead atoms. The zero-order valence-electron chi connectivity index (χ0n) is 37.8. The highest BCUT2D eigenvalue weighted by molar-refractivity contribution is 5.70. The molecule has 0 radical (unpaired) electrons. The maximum atomic E-state index is 12.7. The molecule has 0 amide bonds. The largest absolute Gasteiger partial charge is 0.544 e. The van der Waals surface area contributed by atoms with Crippen molar-refractivity contribution in [3.63, 3.8) is 0 Å². The highest BCUT2D eigenvalue weighted by atomic mass is 16.6. The summed E-state index contributed by atoms with van der Waals surface area (Å²) in [5.41, 5.74) is 0. The van der Waals surface area contributed by atoms with E-state index in [-0.39, 0.29) is 42.7 Å². The average Bonchev–Trinajstić information content (AvgIpc) is 3.17. The molecular formula is C49H89NO7. The van der Waals surface area contributed by atoms with Gasteiger partial charge < -0.3 is 28.6 Å². The van der Waals surface area contributed by atoms with E-state index in [0.29, 0.717) is 12.8 Å². The SMILES string of the molecule is CC/C=C/C/C=C/C/C=C/CCCCCCCCCCCCCCCC(=O)OCC(COCCC(C(=O)[O-])[N+](C)(C)C)OC(=O)CCCCCCCCCCCC. The van der Waals surface area contributed by atoms with Crippen LogP contribution in [0.4, 0.5) is 0 Å². The molecule has 2 unspecified atom stereocenters. The summed E-state index contributed by atoms with van der Waals surface area (Å²) in [6.07, 6.45) is 46.1. The van der Waals surface area contributed by atoms with Crippen molar-refractivity contribution in [1.29, 1.82) is 0 Å². The average molecular weight is 804 g/mol. The standard InChI is InChI=1S/C49H89NO7/c1-6-8-10-12-14-16-18-19-20-21-22-23-24-25-26-27-28-29-30-32-33-35-37-39-47(51)56-44-45(43-55-42-41-46(49(53)54)50(3,4)5)57-48(52)40-38-36-34-31-17-15-13-11-9-7-2/h8,10,14,16,19-20,45-46H,6-7,9,11-13,15,17-18,21-44H2,1-5H3/b10-8+,16-14+,20-19+. The summed E-state index contributed by atoms with van der Waals surface area (Å²) >= 11 is 0. The molecule has 2 atom stereocenters. The van der Waals surface area contributed by atoms with Gasteiger partial charge in [0.05, 0.1) is 40.3 Å². The van der Waals surface area contributed by atoms with Crippen LogP contribution >= 0.6 is 0 Å². The van der Waals surface area contributed by atoms with Crippen LogP contribution in [0.1, 0.15) is 206 Å². The summed E-state index contributed by atoms with van der Waals surface area (Å²) in [6, 6.07) is -0.722. The highest BCUT2D eigenvalue weighted by Gasteiger charge is 2.25. The maximum Gasteiger partial charge on any atom is 0.306 e. The Morgan fingerprint density at radius 1 is 0.544 bits per heavy atom. The topological polar surface area (TPSA) is 102 Å². The molecule has 0 fully saturated rings. The number of carboxylic acid groups (broad SMARTS) is 1. The van der Waals surface area contributed by atoms with Crippen LogP contribution in [-0.2, 0) is 28.6 Å². The van der Waals surface area contributed by atoms with Crippen molar-refractivity contribution in [3.8, 4) is 0 Å². The van der Waals surface area contributed by atoms with Gasteiger partial charge in [-0.2, -0.15) is 0 Å². The van der Waals surface area contributed by atoms with E-state index in [1.807, 2.05) is 0 Å². The van der Waals surface area contributed by atoms with Crippen molar-refractivity contribution < 1.29 is 38.2 Å². The lowest BCUT2D eigenvalue weighted by Crippen LogP contribution is -2.55. The normalized spacial score (nSPS) is 13.2. The third-order valence-electron chi connectivity index (χ3n) is 10.5. The lowest BCUT2D eigenvalue weighted by molar-refractivity contribution is -0.889. The molecule has 8 nitrogen and oxygen atoms in total. The molecule has 0 rings (SSSR count). The number of nitrogens with zero attached hydrogens (tertiary/aromatic N) is 1. The molecule has 0 aliphatic heterocycles. The minimum absolute atomic E-state index is 0.0439. The van der Waals surface area contributed by atoms with E-state index >= 15 is 0 Å². The van der Waals surface area contributed by atoms with Crippen LogP contribution in [0.3, 0.4) is 0 Å². The number of aliphatic carboxylic acids is 1. The number of quaternary nitrogens is 1. The molecule has 0 heterocycles. The lowest BCUT2D eigenvalue weighted by Gasteiger charge is -2.34. The molecule has 332 valence electrons. The Hall–Kier alpha value is -2.45. The van der Waals surface area contributed by atoms with Gasteiger partial charge in [-0.05, 0) is 44.9 Å². The molecule has 0 aliphatic rings. The number of carbonyl (C=O) groups excluding carboxylic acids is 3. The van der Waals surface area contributed by atoms with Gasteiger partial charge in [-0.25, -0.2) is 0 Å². The highest BCUT2D eigenvalue weighted by Crippen LogP contribution is 2.15. The zero-order valence-corrected chi connectivity index (χ0v) is 37.8. The fraction of sp³-hybridized carbons (Fsp3) is 0.816. The fourth-order valence-corrected chi connectivity index (χ4v) is 6.91. The van der Waals surface area contributed by atoms with Crippen LogP contribution in [0.15, 0.2) is 36.5 Å². The number of carboxylic acids is 1. The first-order chi connectivity index (χ1) is 27.6. The van der Waals surface area contributed by atoms with Crippen LogP contribution < -0.4 is 5.11 Å². The Labute approximate surface area is 351 Å². The molecule has 0 aromatic heterocycles. The van der Waals surface area contributed by atoms with E-state index in [2.05, 4.69) is 50.3 Å². The van der Waals surface area contributed by atoms with Crippen LogP contribution in [0, 0.1) is 0 Å². The first kappa shape index (κ1) is 54.6. The summed E-state index contributed by atoms with van der Waals surface area (Å²) in [5.74, 6) is -1.73. The van der Waals surface area contributed by atoms with Crippen LogP contribution in [-0.4, -0.2) is 75.5 Å². The third kappa shape index (κ3) is 38.8. The van der Waals surface area contributed by atoms with Gasteiger partial charge in [0.1, 0.15) is 12.6 Å². The van der Waals surface area contributed by atoms with E-state index in [1.165, 1.54) is 116 Å². The van der Waals surface area contributed by atoms with E-state index in [0.717, 1.165) is 57.8 Å². The number of rotatable bonds is 42. The van der Waals surface area contributed by atoms with Gasteiger partial charge in [-0.3, -0.25) is 9.59 Å². The predicted molar refractivity (Wildman–Crippen MR) is 236 cm³/mol. The van der Waals surface area contributed by atoms with E-state index in [4.69, 9.17) is 14.2 Å². The number of likely N-dealkylation sites (N-methyl/N-ethyl adjacent to an activating group) is 1. The van der Waals surface area contributed by atoms with Gasteiger partial charge in [0, 0.05) is 19.3 Å². The first-order valence-electron chi connectivity index (χ1n) is 23.5. The van der Waals surface area contributed by atoms with Crippen LogP contribution in [0.5, 0.6) is 0 Å². The van der Waals surface area contributed by atoms with Crippen molar-refractivity contribution in [1.82, 2.24) is 0 Å². The Balaban J connectivity index is 4.14. The maximum absolute atomic E-state index is 12.7. The molecule has 57 heavy (non-hydrogen) atoms. The Bertz CT molecular complexity index is 1030. The molecule has 0 saturated carbocycles. The van der Waals surface area contributed by atoms with Gasteiger partial charge in [0.2, 0.25) is 0 Å². The second-order valence-corrected chi connectivity index (χ2v) is 17.0. The summed E-state index contributed by atoms with van der Waals surface area (Å²) < 4.78 is 17.2. The van der Waals surface area contributed by atoms with Crippen molar-refractivity contribution in [2.24, 2.45) is 0 Å². The number of carbonyl (C=O) groups is 3. The van der Waals surface area contributed by atoms with Gasteiger partial charge in [0.25, 0.3) is 0 Å². The Morgan fingerprint density at radius 2 is 0.982 bits per heavy atom. The van der Waals surface area contributed by atoms with E-state index in [9.17, 15) is 19.5 Å². The smallest absolute Gasteiger partial charge is 0.306 e. The van der Waals surface area contributed by atoms with Crippen molar-refractivity contribution >= 4 is 17.9 Å². The van der Waals surface area contributed by atoms with Crippen LogP contribution in [0.2, 0.25) is 0 Å². The second-order valence-electron chi connectivity index (χ2n) is 17.0. The summed E-state index contributed by atoms with van der Waals surface area (Å²) in [7, 11) is 5.41. The Kier molecular flexibility index (Phi) is 38.6. The van der Waals surface area contributed by atoms with Gasteiger partial charge in [0.15, 0.2) is 6.10 Å².